The van der Waals surface area contributed by atoms with Gasteiger partial charge in [0.1, 0.15) is 5.75 Å². The molecular weight excluding hydrogens is 274 g/mol. The highest BCUT2D eigenvalue weighted by Gasteiger charge is 2.29. The number of methoxy groups -OCH3 is 1. The van der Waals surface area contributed by atoms with Crippen molar-refractivity contribution in [3.05, 3.63) is 60.2 Å². The normalized spacial score (nSPS) is 21.0. The van der Waals surface area contributed by atoms with Gasteiger partial charge >= 0.3 is 0 Å². The average Bonchev–Trinajstić information content (AvgIpc) is 2.52. The second-order valence-corrected chi connectivity index (χ2v) is 5.60. The summed E-state index contributed by atoms with van der Waals surface area (Å²) in [5, 5.41) is 3.12. The Morgan fingerprint density at radius 2 is 1.77 bits per heavy atom. The lowest BCUT2D eigenvalue weighted by atomic mass is 9.76. The van der Waals surface area contributed by atoms with Crippen LogP contribution in [0.4, 0.5) is 5.69 Å². The van der Waals surface area contributed by atoms with Crippen molar-refractivity contribution in [1.29, 1.82) is 0 Å². The van der Waals surface area contributed by atoms with Crippen molar-refractivity contribution >= 4 is 11.6 Å². The molecule has 1 fully saturated rings. The van der Waals surface area contributed by atoms with Crippen LogP contribution in [-0.2, 0) is 0 Å². The van der Waals surface area contributed by atoms with E-state index in [2.05, 4.69) is 40.6 Å². The second kappa shape index (κ2) is 6.52. The highest BCUT2D eigenvalue weighted by atomic mass is 16.5. The molecule has 3 rings (SSSR count). The molecule has 0 saturated heterocycles. The lowest BCUT2D eigenvalue weighted by Gasteiger charge is -2.33. The Labute approximate surface area is 131 Å². The van der Waals surface area contributed by atoms with Gasteiger partial charge in [-0.2, -0.15) is 0 Å². The topological polar surface area (TPSA) is 59.6 Å². The van der Waals surface area contributed by atoms with Gasteiger partial charge in [-0.15, -0.1) is 0 Å². The molecule has 22 heavy (non-hydrogen) atoms. The summed E-state index contributed by atoms with van der Waals surface area (Å²) in [5.41, 5.74) is 8.29. The van der Waals surface area contributed by atoms with Crippen molar-refractivity contribution in [2.24, 2.45) is 10.7 Å². The Kier molecular flexibility index (Phi) is 4.28. The predicted octanol–water partition coefficient (Wildman–Crippen LogP) is 3.37. The third-order valence-corrected chi connectivity index (χ3v) is 4.07. The molecule has 4 heteroatoms. The number of anilines is 1. The van der Waals surface area contributed by atoms with E-state index in [4.69, 9.17) is 10.5 Å². The molecule has 3 N–H and O–H groups in total. The number of guanidine groups is 1. The van der Waals surface area contributed by atoms with Gasteiger partial charge in [0.05, 0.1) is 13.2 Å². The molecule has 0 aliphatic heterocycles. The molecule has 0 bridgehead atoms. The van der Waals surface area contributed by atoms with Crippen molar-refractivity contribution < 1.29 is 4.74 Å². The van der Waals surface area contributed by atoms with E-state index in [0.29, 0.717) is 17.9 Å². The summed E-state index contributed by atoms with van der Waals surface area (Å²) in [5.74, 6) is 1.91. The summed E-state index contributed by atoms with van der Waals surface area (Å²) in [4.78, 5) is 4.55. The molecule has 0 spiro atoms. The van der Waals surface area contributed by atoms with Crippen LogP contribution in [0.25, 0.3) is 0 Å². The molecule has 0 unspecified atom stereocenters. The Balaban J connectivity index is 1.53. The van der Waals surface area contributed by atoms with Crippen molar-refractivity contribution in [2.75, 3.05) is 12.4 Å². The van der Waals surface area contributed by atoms with E-state index in [1.165, 1.54) is 5.56 Å². The maximum Gasteiger partial charge on any atom is 0.193 e. The maximum atomic E-state index is 5.98. The molecule has 114 valence electrons. The smallest absolute Gasteiger partial charge is 0.193 e. The van der Waals surface area contributed by atoms with Crippen LogP contribution < -0.4 is 15.8 Å². The summed E-state index contributed by atoms with van der Waals surface area (Å²) < 4.78 is 5.13. The standard InChI is InChI=1S/C18H21N3O/c1-22-17-9-7-15(8-10-17)20-18(19)21-16-11-14(12-16)13-5-3-2-4-6-13/h2-10,14,16H,11-12H2,1H3,(H3,19,20,21). The number of nitrogens with zero attached hydrogens (tertiary/aromatic N) is 1. The molecule has 0 amide bonds. The molecule has 1 saturated carbocycles. The van der Waals surface area contributed by atoms with Crippen LogP contribution in [0.5, 0.6) is 5.75 Å². The molecule has 1 aliphatic carbocycles. The first-order valence-corrected chi connectivity index (χ1v) is 7.54. The minimum absolute atomic E-state index is 0.316. The van der Waals surface area contributed by atoms with Gasteiger partial charge in [0.2, 0.25) is 0 Å². The van der Waals surface area contributed by atoms with Gasteiger partial charge in [-0.25, -0.2) is 4.99 Å². The van der Waals surface area contributed by atoms with E-state index < -0.39 is 0 Å². The summed E-state index contributed by atoms with van der Waals surface area (Å²) in [6, 6.07) is 18.5. The average molecular weight is 295 g/mol. The second-order valence-electron chi connectivity index (χ2n) is 5.60. The van der Waals surface area contributed by atoms with Gasteiger partial charge in [0.15, 0.2) is 5.96 Å². The first-order chi connectivity index (χ1) is 10.7. The van der Waals surface area contributed by atoms with Gasteiger partial charge in [-0.3, -0.25) is 0 Å². The largest absolute Gasteiger partial charge is 0.497 e. The Hall–Kier alpha value is -2.49. The summed E-state index contributed by atoms with van der Waals surface area (Å²) in [7, 11) is 1.65. The lowest BCUT2D eigenvalue weighted by molar-refractivity contribution is 0.353. The van der Waals surface area contributed by atoms with Crippen LogP contribution >= 0.6 is 0 Å². The van der Waals surface area contributed by atoms with Crippen molar-refractivity contribution in [3.63, 3.8) is 0 Å². The zero-order valence-corrected chi connectivity index (χ0v) is 12.7. The van der Waals surface area contributed by atoms with Crippen molar-refractivity contribution in [1.82, 2.24) is 0 Å². The van der Waals surface area contributed by atoms with Crippen LogP contribution in [0.1, 0.15) is 24.3 Å². The van der Waals surface area contributed by atoms with Gasteiger partial charge in [0, 0.05) is 5.69 Å². The molecule has 2 aromatic carbocycles. The SMILES string of the molecule is COc1ccc(NC(N)=NC2CC(c3ccccc3)C2)cc1. The van der Waals surface area contributed by atoms with Crippen molar-refractivity contribution in [3.8, 4) is 5.75 Å². The fourth-order valence-electron chi connectivity index (χ4n) is 2.74. The number of rotatable bonds is 4. The minimum Gasteiger partial charge on any atom is -0.497 e. The first kappa shape index (κ1) is 14.4. The zero-order valence-electron chi connectivity index (χ0n) is 12.7. The Bertz CT molecular complexity index is 631. The van der Waals surface area contributed by atoms with E-state index in [1.54, 1.807) is 7.11 Å². The number of benzene rings is 2. The highest BCUT2D eigenvalue weighted by molar-refractivity contribution is 5.92. The minimum atomic E-state index is 0.316. The fraction of sp³-hybridized carbons (Fsp3) is 0.278. The van der Waals surface area contributed by atoms with Crippen LogP contribution in [0.15, 0.2) is 59.6 Å². The van der Waals surface area contributed by atoms with Crippen LogP contribution in [0.3, 0.4) is 0 Å². The summed E-state index contributed by atoms with van der Waals surface area (Å²) in [6.07, 6.45) is 2.13. The lowest BCUT2D eigenvalue weighted by Crippen LogP contribution is -2.31. The number of aliphatic imine (C=N–C) groups is 1. The molecule has 4 nitrogen and oxygen atoms in total. The summed E-state index contributed by atoms with van der Waals surface area (Å²) >= 11 is 0. The van der Waals surface area contributed by atoms with E-state index >= 15 is 0 Å². The molecule has 0 aromatic heterocycles. The van der Waals surface area contributed by atoms with Crippen LogP contribution in [0, 0.1) is 0 Å². The van der Waals surface area contributed by atoms with E-state index in [0.717, 1.165) is 24.3 Å². The molecule has 1 aliphatic rings. The predicted molar refractivity (Wildman–Crippen MR) is 90.4 cm³/mol. The van der Waals surface area contributed by atoms with Gasteiger partial charge in [-0.1, -0.05) is 30.3 Å². The van der Waals surface area contributed by atoms with Gasteiger partial charge < -0.3 is 15.8 Å². The fourth-order valence-corrected chi connectivity index (χ4v) is 2.74. The number of ether oxygens (including phenoxy) is 1. The van der Waals surface area contributed by atoms with Crippen LogP contribution in [0.2, 0.25) is 0 Å². The van der Waals surface area contributed by atoms with Crippen molar-refractivity contribution in [2.45, 2.75) is 24.8 Å². The molecule has 0 atom stereocenters. The Morgan fingerprint density at radius 3 is 2.41 bits per heavy atom. The molecule has 0 heterocycles. The van der Waals surface area contributed by atoms with E-state index in [1.807, 2.05) is 24.3 Å². The van der Waals surface area contributed by atoms with Crippen LogP contribution in [-0.4, -0.2) is 19.1 Å². The van der Waals surface area contributed by atoms with Gasteiger partial charge in [-0.05, 0) is 48.6 Å². The summed E-state index contributed by atoms with van der Waals surface area (Å²) in [6.45, 7) is 0. The highest BCUT2D eigenvalue weighted by Crippen LogP contribution is 2.38. The quantitative estimate of drug-likeness (QED) is 0.671. The van der Waals surface area contributed by atoms with E-state index in [9.17, 15) is 0 Å². The third-order valence-electron chi connectivity index (χ3n) is 4.07. The third kappa shape index (κ3) is 3.39. The zero-order chi connectivity index (χ0) is 15.4. The number of nitrogens with one attached hydrogen (secondary N) is 1. The molecular formula is C18H21N3O. The number of hydrogen-bond donors (Lipinski definition) is 2. The molecule has 0 radical (unpaired) electrons. The van der Waals surface area contributed by atoms with Gasteiger partial charge in [0.25, 0.3) is 0 Å². The maximum absolute atomic E-state index is 5.98. The number of nitrogens with two attached hydrogens (primary N) is 1. The number of hydrogen-bond acceptors (Lipinski definition) is 2. The molecule has 2 aromatic rings. The van der Waals surface area contributed by atoms with E-state index in [-0.39, 0.29) is 0 Å². The first-order valence-electron chi connectivity index (χ1n) is 7.54. The monoisotopic (exact) mass is 295 g/mol. The Morgan fingerprint density at radius 1 is 1.09 bits per heavy atom.